The van der Waals surface area contributed by atoms with E-state index in [0.29, 0.717) is 5.75 Å². The molecule has 7 heteroatoms. The number of nitro benzene ring substituents is 1. The van der Waals surface area contributed by atoms with Crippen LogP contribution in [0.3, 0.4) is 0 Å². The number of hydrogen-bond acceptors (Lipinski definition) is 6. The third kappa shape index (κ3) is 3.62. The van der Waals surface area contributed by atoms with Gasteiger partial charge in [0, 0.05) is 6.07 Å². The number of carbonyl (C=O) groups is 1. The summed E-state index contributed by atoms with van der Waals surface area (Å²) < 4.78 is 14.8. The van der Waals surface area contributed by atoms with E-state index in [1.807, 2.05) is 0 Å². The highest BCUT2D eigenvalue weighted by Gasteiger charge is 2.13. The van der Waals surface area contributed by atoms with Gasteiger partial charge in [-0.3, -0.25) is 10.1 Å². The molecule has 0 spiro atoms. The molecule has 18 heavy (non-hydrogen) atoms. The predicted octanol–water partition coefficient (Wildman–Crippen LogP) is 1.55. The monoisotopic (exact) mass is 255 g/mol. The van der Waals surface area contributed by atoms with Gasteiger partial charge in [0.1, 0.15) is 0 Å². The Hall–Kier alpha value is -2.31. The van der Waals surface area contributed by atoms with Crippen molar-refractivity contribution in [1.29, 1.82) is 0 Å². The van der Waals surface area contributed by atoms with Crippen LogP contribution in [0.4, 0.5) is 5.69 Å². The molecule has 0 saturated carbocycles. The maximum absolute atomic E-state index is 11.1. The van der Waals surface area contributed by atoms with Crippen LogP contribution in [0.2, 0.25) is 0 Å². The first-order chi connectivity index (χ1) is 8.58. The summed E-state index contributed by atoms with van der Waals surface area (Å²) in [4.78, 5) is 21.2. The minimum Gasteiger partial charge on any atom is -0.493 e. The van der Waals surface area contributed by atoms with Gasteiger partial charge in [-0.15, -0.1) is 0 Å². The molecule has 0 aliphatic carbocycles. The number of esters is 1. The van der Waals surface area contributed by atoms with Crippen molar-refractivity contribution in [1.82, 2.24) is 0 Å². The molecule has 1 aromatic carbocycles. The molecular weight excluding hydrogens is 242 g/mol. The van der Waals surface area contributed by atoms with Crippen LogP contribution in [0.1, 0.15) is 6.92 Å². The van der Waals surface area contributed by atoms with Crippen molar-refractivity contribution < 1.29 is 23.9 Å². The fraction of sp³-hybridized carbons (Fsp3) is 0.364. The number of nitro groups is 1. The number of methoxy groups -OCH3 is 1. The Balaban J connectivity index is 2.81. The number of hydrogen-bond donors (Lipinski definition) is 0. The number of carbonyl (C=O) groups excluding carboxylic acids is 1. The smallest absolute Gasteiger partial charge is 0.344 e. The van der Waals surface area contributed by atoms with Crippen molar-refractivity contribution in [2.75, 3.05) is 20.3 Å². The Morgan fingerprint density at radius 1 is 1.39 bits per heavy atom. The Morgan fingerprint density at radius 2 is 2.11 bits per heavy atom. The number of non-ortho nitro benzene ring substituents is 1. The lowest BCUT2D eigenvalue weighted by Crippen LogP contribution is -2.14. The summed E-state index contributed by atoms with van der Waals surface area (Å²) in [5.41, 5.74) is -0.144. The molecule has 0 heterocycles. The molecular formula is C11H13NO6. The van der Waals surface area contributed by atoms with Gasteiger partial charge in [0.25, 0.3) is 5.69 Å². The van der Waals surface area contributed by atoms with E-state index < -0.39 is 10.9 Å². The molecule has 0 radical (unpaired) electrons. The minimum atomic E-state index is -0.559. The van der Waals surface area contributed by atoms with Gasteiger partial charge >= 0.3 is 5.97 Å². The molecule has 1 aromatic rings. The molecule has 7 nitrogen and oxygen atoms in total. The van der Waals surface area contributed by atoms with Crippen molar-refractivity contribution in [2.24, 2.45) is 0 Å². The van der Waals surface area contributed by atoms with E-state index in [0.717, 1.165) is 0 Å². The van der Waals surface area contributed by atoms with Gasteiger partial charge in [0.2, 0.25) is 0 Å². The first kappa shape index (κ1) is 13.8. The molecule has 0 aromatic heterocycles. The van der Waals surface area contributed by atoms with Gasteiger partial charge < -0.3 is 14.2 Å². The van der Waals surface area contributed by atoms with Crippen LogP contribution in [-0.2, 0) is 9.53 Å². The molecule has 0 fully saturated rings. The second kappa shape index (κ2) is 6.43. The van der Waals surface area contributed by atoms with Crippen LogP contribution in [0.25, 0.3) is 0 Å². The number of benzene rings is 1. The lowest BCUT2D eigenvalue weighted by Gasteiger charge is -2.09. The SMILES string of the molecule is CCOC(=O)COc1cc([N+](=O)[O-])ccc1OC. The zero-order valence-electron chi connectivity index (χ0n) is 10.0. The fourth-order valence-corrected chi connectivity index (χ4v) is 1.23. The maximum atomic E-state index is 11.1. The lowest BCUT2D eigenvalue weighted by molar-refractivity contribution is -0.385. The zero-order valence-corrected chi connectivity index (χ0v) is 10.0. The van der Waals surface area contributed by atoms with Crippen LogP contribution in [0, 0.1) is 10.1 Å². The van der Waals surface area contributed by atoms with Gasteiger partial charge in [-0.1, -0.05) is 0 Å². The van der Waals surface area contributed by atoms with Crippen LogP contribution >= 0.6 is 0 Å². The second-order valence-corrected chi connectivity index (χ2v) is 3.19. The topological polar surface area (TPSA) is 87.9 Å². The molecule has 0 N–H and O–H groups in total. The van der Waals surface area contributed by atoms with E-state index >= 15 is 0 Å². The summed E-state index contributed by atoms with van der Waals surface area (Å²) in [6, 6.07) is 3.88. The molecule has 0 amide bonds. The van der Waals surface area contributed by atoms with Crippen molar-refractivity contribution in [3.8, 4) is 11.5 Å². The van der Waals surface area contributed by atoms with Gasteiger partial charge in [-0.25, -0.2) is 4.79 Å². The highest BCUT2D eigenvalue weighted by molar-refractivity contribution is 5.71. The third-order valence-corrected chi connectivity index (χ3v) is 2.01. The average molecular weight is 255 g/mol. The first-order valence-electron chi connectivity index (χ1n) is 5.19. The first-order valence-corrected chi connectivity index (χ1v) is 5.19. The van der Waals surface area contributed by atoms with Crippen LogP contribution < -0.4 is 9.47 Å². The molecule has 0 aliphatic rings. The van der Waals surface area contributed by atoms with Crippen molar-refractivity contribution in [2.45, 2.75) is 6.92 Å². The molecule has 0 bridgehead atoms. The fourth-order valence-electron chi connectivity index (χ4n) is 1.23. The standard InChI is InChI=1S/C11H13NO6/c1-3-17-11(13)7-18-10-6-8(12(14)15)4-5-9(10)16-2/h4-6H,3,7H2,1-2H3. The summed E-state index contributed by atoms with van der Waals surface area (Å²) in [7, 11) is 1.40. The van der Waals surface area contributed by atoms with Gasteiger partial charge in [0.05, 0.1) is 24.7 Å². The van der Waals surface area contributed by atoms with Crippen LogP contribution in [-0.4, -0.2) is 31.2 Å². The predicted molar refractivity (Wildman–Crippen MR) is 61.8 cm³/mol. The van der Waals surface area contributed by atoms with Crippen LogP contribution in [0.5, 0.6) is 11.5 Å². The Kier molecular flexibility index (Phi) is 4.91. The van der Waals surface area contributed by atoms with Gasteiger partial charge in [-0.2, -0.15) is 0 Å². The number of nitrogens with zero attached hydrogens (tertiary/aromatic N) is 1. The summed E-state index contributed by atoms with van der Waals surface area (Å²) in [5, 5.41) is 10.6. The van der Waals surface area contributed by atoms with Crippen molar-refractivity contribution in [3.05, 3.63) is 28.3 Å². The highest BCUT2D eigenvalue weighted by Crippen LogP contribution is 2.30. The molecule has 98 valence electrons. The minimum absolute atomic E-state index is 0.125. The maximum Gasteiger partial charge on any atom is 0.344 e. The van der Waals surface area contributed by atoms with E-state index in [1.165, 1.54) is 25.3 Å². The summed E-state index contributed by atoms with van der Waals surface area (Å²) in [6.07, 6.45) is 0. The third-order valence-electron chi connectivity index (χ3n) is 2.01. The quantitative estimate of drug-likeness (QED) is 0.435. The largest absolute Gasteiger partial charge is 0.493 e. The van der Waals surface area contributed by atoms with E-state index in [1.54, 1.807) is 6.92 Å². The van der Waals surface area contributed by atoms with Crippen molar-refractivity contribution in [3.63, 3.8) is 0 Å². The zero-order chi connectivity index (χ0) is 13.5. The highest BCUT2D eigenvalue weighted by atomic mass is 16.6. The van der Waals surface area contributed by atoms with Gasteiger partial charge in [-0.05, 0) is 13.0 Å². The van der Waals surface area contributed by atoms with E-state index in [9.17, 15) is 14.9 Å². The van der Waals surface area contributed by atoms with E-state index in [-0.39, 0.29) is 24.7 Å². The Labute approximate surface area is 103 Å². The normalized spacial score (nSPS) is 9.67. The molecule has 0 aliphatic heterocycles. The summed E-state index contributed by atoms with van der Waals surface area (Å²) >= 11 is 0. The van der Waals surface area contributed by atoms with Crippen molar-refractivity contribution >= 4 is 11.7 Å². The molecule has 0 saturated heterocycles. The van der Waals surface area contributed by atoms with E-state index in [2.05, 4.69) is 4.74 Å². The lowest BCUT2D eigenvalue weighted by atomic mass is 10.3. The summed E-state index contributed by atoms with van der Waals surface area (Å²) in [6.45, 7) is 1.59. The number of rotatable bonds is 6. The Bertz CT molecular complexity index is 445. The van der Waals surface area contributed by atoms with Crippen LogP contribution in [0.15, 0.2) is 18.2 Å². The second-order valence-electron chi connectivity index (χ2n) is 3.19. The Morgan fingerprint density at radius 3 is 2.67 bits per heavy atom. The average Bonchev–Trinajstić information content (AvgIpc) is 2.36. The number of ether oxygens (including phenoxy) is 3. The van der Waals surface area contributed by atoms with E-state index in [4.69, 9.17) is 9.47 Å². The molecule has 0 atom stereocenters. The summed E-state index contributed by atoms with van der Waals surface area (Å²) in [5.74, 6) is -0.115. The molecule has 0 unspecified atom stereocenters. The van der Waals surface area contributed by atoms with Gasteiger partial charge in [0.15, 0.2) is 18.1 Å². The molecule has 1 rings (SSSR count).